The van der Waals surface area contributed by atoms with E-state index in [1.165, 1.54) is 24.3 Å². The molecule has 0 heterocycles. The first-order valence-electron chi connectivity index (χ1n) is 11.5. The Bertz CT molecular complexity index is 1160. The first-order chi connectivity index (χ1) is 17.4. The predicted molar refractivity (Wildman–Crippen MR) is 123 cm³/mol. The molecule has 4 rings (SSSR count). The van der Waals surface area contributed by atoms with E-state index in [4.69, 9.17) is 0 Å². The summed E-state index contributed by atoms with van der Waals surface area (Å²) in [6, 6.07) is 19.0. The van der Waals surface area contributed by atoms with Crippen molar-refractivity contribution in [2.24, 2.45) is 5.92 Å². The van der Waals surface area contributed by atoms with Crippen molar-refractivity contribution in [1.29, 1.82) is 0 Å². The smallest absolute Gasteiger partial charge is 0.406 e. The lowest BCUT2D eigenvalue weighted by atomic mass is 9.76. The fraction of sp³-hybridized carbons (Fsp3) is 0.296. The SMILES string of the molecule is O=C(NC(Cc1ccccc1)(c1cccc(OC(F)(F)F)c1)c1cccc(OC(F)(F)F)c1)C1CCC1. The molecule has 4 nitrogen and oxygen atoms in total. The third-order valence-electron chi connectivity index (χ3n) is 6.25. The van der Waals surface area contributed by atoms with E-state index in [0.29, 0.717) is 18.4 Å². The molecule has 0 spiro atoms. The van der Waals surface area contributed by atoms with Gasteiger partial charge in [-0.25, -0.2) is 0 Å². The fourth-order valence-electron chi connectivity index (χ4n) is 4.36. The largest absolute Gasteiger partial charge is 0.573 e. The van der Waals surface area contributed by atoms with E-state index in [-0.39, 0.29) is 29.4 Å². The second-order valence-electron chi connectivity index (χ2n) is 8.84. The van der Waals surface area contributed by atoms with Crippen LogP contribution in [0.3, 0.4) is 0 Å². The summed E-state index contributed by atoms with van der Waals surface area (Å²) < 4.78 is 86.2. The van der Waals surface area contributed by atoms with Crippen LogP contribution in [-0.4, -0.2) is 18.6 Å². The summed E-state index contributed by atoms with van der Waals surface area (Å²) in [5, 5.41) is 2.98. The van der Waals surface area contributed by atoms with E-state index < -0.39 is 29.8 Å². The summed E-state index contributed by atoms with van der Waals surface area (Å²) in [4.78, 5) is 13.3. The summed E-state index contributed by atoms with van der Waals surface area (Å²) >= 11 is 0. The fourth-order valence-corrected chi connectivity index (χ4v) is 4.36. The number of alkyl halides is 6. The number of hydrogen-bond acceptors (Lipinski definition) is 3. The average molecular weight is 523 g/mol. The van der Waals surface area contributed by atoms with Crippen LogP contribution in [-0.2, 0) is 16.8 Å². The normalized spacial score (nSPS) is 14.5. The van der Waals surface area contributed by atoms with Gasteiger partial charge < -0.3 is 14.8 Å². The van der Waals surface area contributed by atoms with Crippen LogP contribution in [0, 0.1) is 5.92 Å². The lowest BCUT2D eigenvalue weighted by molar-refractivity contribution is -0.275. The van der Waals surface area contributed by atoms with Gasteiger partial charge in [-0.2, -0.15) is 0 Å². The summed E-state index contributed by atoms with van der Waals surface area (Å²) in [6.07, 6.45) is -7.75. The van der Waals surface area contributed by atoms with Gasteiger partial charge in [0.2, 0.25) is 5.91 Å². The number of hydrogen-bond donors (Lipinski definition) is 1. The van der Waals surface area contributed by atoms with E-state index in [9.17, 15) is 31.1 Å². The van der Waals surface area contributed by atoms with E-state index >= 15 is 0 Å². The molecule has 3 aromatic carbocycles. The summed E-state index contributed by atoms with van der Waals surface area (Å²) in [7, 11) is 0. The highest BCUT2D eigenvalue weighted by atomic mass is 19.4. The van der Waals surface area contributed by atoms with Crippen molar-refractivity contribution in [1.82, 2.24) is 5.32 Å². The second-order valence-corrected chi connectivity index (χ2v) is 8.84. The van der Waals surface area contributed by atoms with Crippen LogP contribution in [0.1, 0.15) is 36.0 Å². The molecule has 0 unspecified atom stereocenters. The van der Waals surface area contributed by atoms with Crippen LogP contribution in [0.2, 0.25) is 0 Å². The maximum atomic E-state index is 13.3. The number of rotatable bonds is 8. The zero-order chi connectivity index (χ0) is 26.7. The van der Waals surface area contributed by atoms with Crippen LogP contribution in [0.25, 0.3) is 0 Å². The highest BCUT2D eigenvalue weighted by molar-refractivity contribution is 5.81. The first kappa shape index (κ1) is 26.4. The van der Waals surface area contributed by atoms with Gasteiger partial charge in [0.05, 0.1) is 5.54 Å². The van der Waals surface area contributed by atoms with Gasteiger partial charge >= 0.3 is 12.7 Å². The Kier molecular flexibility index (Phi) is 7.38. The maximum absolute atomic E-state index is 13.3. The molecule has 0 aromatic heterocycles. The molecule has 1 aliphatic carbocycles. The summed E-state index contributed by atoms with van der Waals surface area (Å²) in [5.74, 6) is -1.70. The van der Waals surface area contributed by atoms with E-state index in [1.54, 1.807) is 30.3 Å². The number of nitrogens with one attached hydrogen (secondary N) is 1. The van der Waals surface area contributed by atoms with Crippen LogP contribution in [0.5, 0.6) is 11.5 Å². The molecule has 0 aliphatic heterocycles. The van der Waals surface area contributed by atoms with Gasteiger partial charge in [0, 0.05) is 12.3 Å². The zero-order valence-corrected chi connectivity index (χ0v) is 19.4. The number of amides is 1. The zero-order valence-electron chi connectivity index (χ0n) is 19.4. The highest BCUT2D eigenvalue weighted by Crippen LogP contribution is 2.39. The molecule has 0 bridgehead atoms. The van der Waals surface area contributed by atoms with Gasteiger partial charge in [0.1, 0.15) is 11.5 Å². The Balaban J connectivity index is 1.90. The molecule has 3 aromatic rings. The lowest BCUT2D eigenvalue weighted by Gasteiger charge is -2.39. The minimum Gasteiger partial charge on any atom is -0.406 e. The van der Waals surface area contributed by atoms with Crippen molar-refractivity contribution >= 4 is 5.91 Å². The minimum absolute atomic E-state index is 0.0389. The van der Waals surface area contributed by atoms with Gasteiger partial charge in [-0.3, -0.25) is 4.79 Å². The minimum atomic E-state index is -4.96. The van der Waals surface area contributed by atoms with Gasteiger partial charge in [0.15, 0.2) is 0 Å². The van der Waals surface area contributed by atoms with Gasteiger partial charge in [-0.05, 0) is 53.8 Å². The molecule has 1 amide bonds. The number of ether oxygens (including phenoxy) is 2. The Labute approximate surface area is 209 Å². The second kappa shape index (κ2) is 10.4. The van der Waals surface area contributed by atoms with Gasteiger partial charge in [-0.15, -0.1) is 26.3 Å². The number of benzene rings is 3. The quantitative estimate of drug-likeness (QED) is 0.327. The lowest BCUT2D eigenvalue weighted by Crippen LogP contribution is -2.51. The molecule has 196 valence electrons. The molecule has 1 aliphatic rings. The number of carbonyl (C=O) groups excluding carboxylic acids is 1. The molecule has 1 fully saturated rings. The van der Waals surface area contributed by atoms with Crippen LogP contribution in [0.15, 0.2) is 78.9 Å². The highest BCUT2D eigenvalue weighted by Gasteiger charge is 2.41. The predicted octanol–water partition coefficient (Wildman–Crippen LogP) is 6.89. The standard InChI is InChI=1S/C27H23F6NO3/c28-26(29,30)36-22-13-5-11-20(15-22)25(17-18-7-2-1-3-8-18,34-24(35)19-9-4-10-19)21-12-6-14-23(16-21)37-27(31,32)33/h1-3,5-8,11-16,19H,4,9-10,17H2,(H,34,35). The molecule has 1 N–H and O–H groups in total. The molecule has 0 radical (unpaired) electrons. The number of carbonyl (C=O) groups is 1. The van der Waals surface area contributed by atoms with Crippen LogP contribution in [0.4, 0.5) is 26.3 Å². The molecule has 1 saturated carbocycles. The molecule has 0 saturated heterocycles. The van der Waals surface area contributed by atoms with E-state index in [1.807, 2.05) is 0 Å². The van der Waals surface area contributed by atoms with Crippen LogP contribution >= 0.6 is 0 Å². The monoisotopic (exact) mass is 523 g/mol. The molecule has 37 heavy (non-hydrogen) atoms. The molecular weight excluding hydrogens is 500 g/mol. The summed E-state index contributed by atoms with van der Waals surface area (Å²) in [5.41, 5.74) is -0.435. The van der Waals surface area contributed by atoms with E-state index in [2.05, 4.69) is 14.8 Å². The van der Waals surface area contributed by atoms with Crippen molar-refractivity contribution in [2.75, 3.05) is 0 Å². The Morgan fingerprint density at radius 2 is 1.27 bits per heavy atom. The average Bonchev–Trinajstić information content (AvgIpc) is 2.76. The molecule has 0 atom stereocenters. The summed E-state index contributed by atoms with van der Waals surface area (Å²) in [6.45, 7) is 0. The number of halogens is 6. The Hall–Kier alpha value is -3.69. The topological polar surface area (TPSA) is 47.6 Å². The van der Waals surface area contributed by atoms with Gasteiger partial charge in [-0.1, -0.05) is 61.0 Å². The van der Waals surface area contributed by atoms with Crippen molar-refractivity contribution in [2.45, 2.75) is 43.9 Å². The molecular formula is C27H23F6NO3. The molecule has 10 heteroatoms. The first-order valence-corrected chi connectivity index (χ1v) is 11.5. The van der Waals surface area contributed by atoms with Crippen molar-refractivity contribution in [3.05, 3.63) is 95.6 Å². The van der Waals surface area contributed by atoms with Crippen LogP contribution < -0.4 is 14.8 Å². The van der Waals surface area contributed by atoms with Crippen molar-refractivity contribution in [3.8, 4) is 11.5 Å². The van der Waals surface area contributed by atoms with E-state index in [0.717, 1.165) is 30.7 Å². The van der Waals surface area contributed by atoms with Gasteiger partial charge in [0.25, 0.3) is 0 Å². The third-order valence-corrected chi connectivity index (χ3v) is 6.25. The Morgan fingerprint density at radius 3 is 1.70 bits per heavy atom. The van der Waals surface area contributed by atoms with Crippen molar-refractivity contribution < 1.29 is 40.6 Å². The van der Waals surface area contributed by atoms with Crippen molar-refractivity contribution in [3.63, 3.8) is 0 Å². The maximum Gasteiger partial charge on any atom is 0.573 e. The Morgan fingerprint density at radius 1 is 0.757 bits per heavy atom. The third kappa shape index (κ3) is 6.75.